The lowest BCUT2D eigenvalue weighted by Gasteiger charge is -2.35. The standard InChI is InChI=1S/C13H19NO/c1-3-10-5-6-12-11(9-10)13(14,4-2)7-8-15-12/h5-6,9H,3-4,7-8,14H2,1-2H3. The minimum absolute atomic E-state index is 0.182. The van der Waals surface area contributed by atoms with Gasteiger partial charge in [0.2, 0.25) is 0 Å². The fourth-order valence-electron chi connectivity index (χ4n) is 2.16. The van der Waals surface area contributed by atoms with E-state index in [9.17, 15) is 0 Å². The van der Waals surface area contributed by atoms with E-state index in [0.29, 0.717) is 0 Å². The van der Waals surface area contributed by atoms with Crippen LogP contribution in [0.3, 0.4) is 0 Å². The third-order valence-electron chi connectivity index (χ3n) is 3.43. The molecule has 0 saturated heterocycles. The van der Waals surface area contributed by atoms with Crippen LogP contribution in [0, 0.1) is 0 Å². The van der Waals surface area contributed by atoms with Crippen molar-refractivity contribution in [2.24, 2.45) is 5.73 Å². The summed E-state index contributed by atoms with van der Waals surface area (Å²) >= 11 is 0. The Bertz CT molecular complexity index is 362. The smallest absolute Gasteiger partial charge is 0.124 e. The van der Waals surface area contributed by atoms with Crippen molar-refractivity contribution < 1.29 is 4.74 Å². The van der Waals surface area contributed by atoms with Crippen molar-refractivity contribution in [1.82, 2.24) is 0 Å². The first-order valence-corrected chi connectivity index (χ1v) is 5.74. The van der Waals surface area contributed by atoms with Gasteiger partial charge in [-0.3, -0.25) is 0 Å². The van der Waals surface area contributed by atoms with Crippen LogP contribution in [0.25, 0.3) is 0 Å². The molecule has 2 nitrogen and oxygen atoms in total. The Hall–Kier alpha value is -1.02. The second-order valence-corrected chi connectivity index (χ2v) is 4.29. The molecule has 0 fully saturated rings. The maximum atomic E-state index is 6.41. The fraction of sp³-hybridized carbons (Fsp3) is 0.538. The van der Waals surface area contributed by atoms with Crippen molar-refractivity contribution in [2.45, 2.75) is 38.6 Å². The molecule has 0 aliphatic carbocycles. The molecule has 0 bridgehead atoms. The van der Waals surface area contributed by atoms with Gasteiger partial charge in [-0.1, -0.05) is 26.0 Å². The van der Waals surface area contributed by atoms with Crippen molar-refractivity contribution in [2.75, 3.05) is 6.61 Å². The van der Waals surface area contributed by atoms with E-state index < -0.39 is 0 Å². The van der Waals surface area contributed by atoms with Crippen LogP contribution in [-0.4, -0.2) is 6.61 Å². The van der Waals surface area contributed by atoms with Gasteiger partial charge in [-0.05, 0) is 24.5 Å². The van der Waals surface area contributed by atoms with Crippen molar-refractivity contribution in [1.29, 1.82) is 0 Å². The first-order valence-electron chi connectivity index (χ1n) is 5.74. The Kier molecular flexibility index (Phi) is 2.70. The van der Waals surface area contributed by atoms with Gasteiger partial charge in [0, 0.05) is 17.5 Å². The molecule has 1 heterocycles. The van der Waals surface area contributed by atoms with Crippen LogP contribution < -0.4 is 10.5 Å². The van der Waals surface area contributed by atoms with Gasteiger partial charge >= 0.3 is 0 Å². The average Bonchev–Trinajstić information content (AvgIpc) is 2.29. The van der Waals surface area contributed by atoms with Crippen LogP contribution in [-0.2, 0) is 12.0 Å². The number of fused-ring (bicyclic) bond motifs is 1. The van der Waals surface area contributed by atoms with Crippen LogP contribution >= 0.6 is 0 Å². The van der Waals surface area contributed by atoms with E-state index in [4.69, 9.17) is 10.5 Å². The lowest BCUT2D eigenvalue weighted by molar-refractivity contribution is 0.212. The van der Waals surface area contributed by atoms with Crippen LogP contribution in [0.15, 0.2) is 18.2 Å². The molecule has 2 N–H and O–H groups in total. The predicted octanol–water partition coefficient (Wildman–Crippen LogP) is 2.60. The molecule has 1 unspecified atom stereocenters. The first kappa shape index (κ1) is 10.5. The Morgan fingerprint density at radius 3 is 2.87 bits per heavy atom. The lowest BCUT2D eigenvalue weighted by Crippen LogP contribution is -2.40. The summed E-state index contributed by atoms with van der Waals surface area (Å²) in [6.07, 6.45) is 2.94. The summed E-state index contributed by atoms with van der Waals surface area (Å²) in [5.74, 6) is 0.975. The molecule has 1 atom stereocenters. The Balaban J connectivity index is 2.48. The van der Waals surface area contributed by atoms with Gasteiger partial charge in [-0.2, -0.15) is 0 Å². The highest BCUT2D eigenvalue weighted by atomic mass is 16.5. The van der Waals surface area contributed by atoms with Crippen molar-refractivity contribution in [3.05, 3.63) is 29.3 Å². The van der Waals surface area contributed by atoms with Gasteiger partial charge in [0.15, 0.2) is 0 Å². The first-order chi connectivity index (χ1) is 7.19. The highest BCUT2D eigenvalue weighted by Crippen LogP contribution is 2.37. The summed E-state index contributed by atoms with van der Waals surface area (Å²) < 4.78 is 5.64. The number of rotatable bonds is 2. The summed E-state index contributed by atoms with van der Waals surface area (Å²) in [7, 11) is 0. The zero-order valence-corrected chi connectivity index (χ0v) is 9.55. The molecule has 0 saturated carbocycles. The summed E-state index contributed by atoms with van der Waals surface area (Å²) in [6.45, 7) is 5.05. The average molecular weight is 205 g/mol. The van der Waals surface area contributed by atoms with E-state index in [0.717, 1.165) is 31.6 Å². The van der Waals surface area contributed by atoms with Crippen molar-refractivity contribution in [3.63, 3.8) is 0 Å². The van der Waals surface area contributed by atoms with E-state index in [1.165, 1.54) is 11.1 Å². The number of aryl methyl sites for hydroxylation is 1. The molecule has 15 heavy (non-hydrogen) atoms. The summed E-state index contributed by atoms with van der Waals surface area (Å²) in [6, 6.07) is 6.39. The van der Waals surface area contributed by atoms with Crippen LogP contribution in [0.4, 0.5) is 0 Å². The topological polar surface area (TPSA) is 35.2 Å². The van der Waals surface area contributed by atoms with Crippen LogP contribution in [0.2, 0.25) is 0 Å². The summed E-state index contributed by atoms with van der Waals surface area (Å²) in [5.41, 5.74) is 8.76. The van der Waals surface area contributed by atoms with E-state index in [1.807, 2.05) is 0 Å². The quantitative estimate of drug-likeness (QED) is 0.805. The second kappa shape index (κ2) is 3.86. The molecule has 0 amide bonds. The molecular formula is C13H19NO. The zero-order chi connectivity index (χ0) is 10.9. The molecule has 1 aromatic carbocycles. The molecule has 0 spiro atoms. The molecule has 1 aliphatic heterocycles. The molecule has 1 aliphatic rings. The van der Waals surface area contributed by atoms with Gasteiger partial charge in [0.25, 0.3) is 0 Å². The number of hydrogen-bond acceptors (Lipinski definition) is 2. The number of nitrogens with two attached hydrogens (primary N) is 1. The molecular weight excluding hydrogens is 186 g/mol. The maximum Gasteiger partial charge on any atom is 0.124 e. The zero-order valence-electron chi connectivity index (χ0n) is 9.55. The SMILES string of the molecule is CCc1ccc2c(c1)C(N)(CC)CCO2. The largest absolute Gasteiger partial charge is 0.493 e. The lowest BCUT2D eigenvalue weighted by atomic mass is 9.82. The summed E-state index contributed by atoms with van der Waals surface area (Å²) in [4.78, 5) is 0. The van der Waals surface area contributed by atoms with Crippen LogP contribution in [0.1, 0.15) is 37.8 Å². The summed E-state index contributed by atoms with van der Waals surface area (Å²) in [5, 5.41) is 0. The normalized spacial score (nSPS) is 24.5. The van der Waals surface area contributed by atoms with E-state index in [2.05, 4.69) is 32.0 Å². The number of benzene rings is 1. The van der Waals surface area contributed by atoms with Gasteiger partial charge in [0.05, 0.1) is 6.61 Å². The van der Waals surface area contributed by atoms with E-state index in [-0.39, 0.29) is 5.54 Å². The second-order valence-electron chi connectivity index (χ2n) is 4.29. The van der Waals surface area contributed by atoms with Crippen LogP contribution in [0.5, 0.6) is 5.75 Å². The molecule has 82 valence electrons. The third kappa shape index (κ3) is 1.74. The minimum atomic E-state index is -0.182. The molecule has 0 aromatic heterocycles. The molecule has 0 radical (unpaired) electrons. The third-order valence-corrected chi connectivity index (χ3v) is 3.43. The van der Waals surface area contributed by atoms with Gasteiger partial charge < -0.3 is 10.5 Å². The van der Waals surface area contributed by atoms with Gasteiger partial charge in [-0.15, -0.1) is 0 Å². The maximum absolute atomic E-state index is 6.41. The minimum Gasteiger partial charge on any atom is -0.493 e. The van der Waals surface area contributed by atoms with Crippen molar-refractivity contribution in [3.8, 4) is 5.75 Å². The van der Waals surface area contributed by atoms with E-state index in [1.54, 1.807) is 0 Å². The van der Waals surface area contributed by atoms with Gasteiger partial charge in [-0.25, -0.2) is 0 Å². The predicted molar refractivity (Wildman–Crippen MR) is 62.1 cm³/mol. The number of ether oxygens (including phenoxy) is 1. The van der Waals surface area contributed by atoms with Gasteiger partial charge in [0.1, 0.15) is 5.75 Å². The molecule has 2 rings (SSSR count). The fourth-order valence-corrected chi connectivity index (χ4v) is 2.16. The highest BCUT2D eigenvalue weighted by molar-refractivity contribution is 5.43. The Morgan fingerprint density at radius 1 is 1.40 bits per heavy atom. The Morgan fingerprint density at radius 2 is 2.20 bits per heavy atom. The Labute approximate surface area is 91.4 Å². The number of hydrogen-bond donors (Lipinski definition) is 1. The van der Waals surface area contributed by atoms with Crippen molar-refractivity contribution >= 4 is 0 Å². The molecule has 2 heteroatoms. The molecule has 1 aromatic rings. The van der Waals surface area contributed by atoms with E-state index >= 15 is 0 Å². The highest BCUT2D eigenvalue weighted by Gasteiger charge is 2.32. The monoisotopic (exact) mass is 205 g/mol.